The van der Waals surface area contributed by atoms with Gasteiger partial charge in [0, 0.05) is 12.6 Å². The smallest absolute Gasteiger partial charge is 0.0623 e. The molecule has 1 aliphatic heterocycles. The lowest BCUT2D eigenvalue weighted by Crippen LogP contribution is -2.41. The van der Waals surface area contributed by atoms with Crippen molar-refractivity contribution in [1.82, 2.24) is 5.32 Å². The summed E-state index contributed by atoms with van der Waals surface area (Å²) in [4.78, 5) is 0. The Morgan fingerprint density at radius 2 is 2.25 bits per heavy atom. The van der Waals surface area contributed by atoms with Crippen molar-refractivity contribution in [3.05, 3.63) is 12.2 Å². The molecule has 0 amide bonds. The Morgan fingerprint density at radius 3 is 2.67 bits per heavy atom. The molecule has 0 aromatic rings. The summed E-state index contributed by atoms with van der Waals surface area (Å²) in [6.07, 6.45) is 1.04. The van der Waals surface area contributed by atoms with E-state index in [1.807, 2.05) is 13.8 Å². The summed E-state index contributed by atoms with van der Waals surface area (Å²) in [5, 5.41) is 3.36. The summed E-state index contributed by atoms with van der Waals surface area (Å²) in [5.74, 6) is 0. The number of morpholine rings is 1. The maximum absolute atomic E-state index is 5.28. The topological polar surface area (TPSA) is 21.3 Å². The van der Waals surface area contributed by atoms with E-state index in [0.29, 0.717) is 6.04 Å². The lowest BCUT2D eigenvalue weighted by molar-refractivity contribution is 0.0770. The highest BCUT2D eigenvalue weighted by atomic mass is 16.5. The van der Waals surface area contributed by atoms with Crippen molar-refractivity contribution in [3.63, 3.8) is 0 Å². The number of nitrogens with one attached hydrogen (secondary N) is 1. The quantitative estimate of drug-likeness (QED) is 0.641. The van der Waals surface area contributed by atoms with Crippen LogP contribution in [0.2, 0.25) is 0 Å². The zero-order valence-electron chi connectivity index (χ0n) is 8.52. The minimum absolute atomic E-state index is 0.506. The molecule has 0 aliphatic carbocycles. The van der Waals surface area contributed by atoms with Crippen molar-refractivity contribution in [2.75, 3.05) is 19.8 Å². The molecule has 1 unspecified atom stereocenters. The minimum atomic E-state index is 0.506. The fourth-order valence-electron chi connectivity index (χ4n) is 1.17. The van der Waals surface area contributed by atoms with Gasteiger partial charge in [-0.1, -0.05) is 19.4 Å². The van der Waals surface area contributed by atoms with Crippen LogP contribution < -0.4 is 5.32 Å². The second-order valence-corrected chi connectivity index (χ2v) is 2.89. The normalized spacial score (nSPS) is 22.4. The van der Waals surface area contributed by atoms with E-state index in [4.69, 9.17) is 4.74 Å². The predicted octanol–water partition coefficient (Wildman–Crippen LogP) is 1.97. The number of hydrogen-bond acceptors (Lipinski definition) is 2. The van der Waals surface area contributed by atoms with Gasteiger partial charge in [-0.05, 0) is 13.3 Å². The zero-order valence-corrected chi connectivity index (χ0v) is 8.52. The van der Waals surface area contributed by atoms with Crippen molar-refractivity contribution in [2.24, 2.45) is 0 Å². The third-order valence-corrected chi connectivity index (χ3v) is 1.59. The Morgan fingerprint density at radius 1 is 1.58 bits per heavy atom. The first-order valence-electron chi connectivity index (χ1n) is 4.74. The van der Waals surface area contributed by atoms with E-state index < -0.39 is 0 Å². The molecular formula is C10H21NO. The molecule has 0 bridgehead atoms. The second-order valence-electron chi connectivity index (χ2n) is 2.89. The molecule has 1 atom stereocenters. The average molecular weight is 171 g/mol. The third kappa shape index (κ3) is 5.33. The fraction of sp³-hybridized carbons (Fsp3) is 0.800. The Labute approximate surface area is 76.0 Å². The van der Waals surface area contributed by atoms with Crippen LogP contribution in [-0.2, 0) is 4.74 Å². The van der Waals surface area contributed by atoms with Gasteiger partial charge in [-0.2, -0.15) is 0 Å². The van der Waals surface area contributed by atoms with Crippen LogP contribution in [0.4, 0.5) is 0 Å². The van der Waals surface area contributed by atoms with Gasteiger partial charge >= 0.3 is 0 Å². The van der Waals surface area contributed by atoms with Crippen LogP contribution in [0.3, 0.4) is 0 Å². The van der Waals surface area contributed by atoms with E-state index in [2.05, 4.69) is 18.8 Å². The van der Waals surface area contributed by atoms with E-state index in [1.165, 1.54) is 5.57 Å². The standard InChI is InChI=1S/C8H15NO.C2H6/c1-7(2)5-8-6-10-4-3-9-8;1-2/h8-9H,1,3-6H2,2H3;1-2H3. The zero-order chi connectivity index (χ0) is 9.40. The third-order valence-electron chi connectivity index (χ3n) is 1.59. The summed E-state index contributed by atoms with van der Waals surface area (Å²) in [7, 11) is 0. The van der Waals surface area contributed by atoms with Crippen LogP contribution in [0.5, 0.6) is 0 Å². The van der Waals surface area contributed by atoms with E-state index in [-0.39, 0.29) is 0 Å². The minimum Gasteiger partial charge on any atom is -0.379 e. The predicted molar refractivity (Wildman–Crippen MR) is 53.4 cm³/mol. The van der Waals surface area contributed by atoms with Crippen molar-refractivity contribution < 1.29 is 4.74 Å². The molecule has 0 radical (unpaired) electrons. The lowest BCUT2D eigenvalue weighted by Gasteiger charge is -2.23. The summed E-state index contributed by atoms with van der Waals surface area (Å²) < 4.78 is 5.28. The molecule has 1 saturated heterocycles. The van der Waals surface area contributed by atoms with Crippen LogP contribution in [0, 0.1) is 0 Å². The van der Waals surface area contributed by atoms with Crippen LogP contribution in [0.25, 0.3) is 0 Å². The maximum Gasteiger partial charge on any atom is 0.0623 e. The van der Waals surface area contributed by atoms with Crippen molar-refractivity contribution >= 4 is 0 Å². The van der Waals surface area contributed by atoms with E-state index >= 15 is 0 Å². The van der Waals surface area contributed by atoms with E-state index in [9.17, 15) is 0 Å². The first kappa shape index (κ1) is 11.7. The highest BCUT2D eigenvalue weighted by Gasteiger charge is 2.11. The van der Waals surface area contributed by atoms with Gasteiger partial charge in [-0.15, -0.1) is 6.58 Å². The molecule has 0 saturated carbocycles. The van der Waals surface area contributed by atoms with Crippen molar-refractivity contribution in [3.8, 4) is 0 Å². The molecule has 0 aromatic carbocycles. The van der Waals surface area contributed by atoms with Gasteiger partial charge in [0.05, 0.1) is 13.2 Å². The molecular weight excluding hydrogens is 150 g/mol. The van der Waals surface area contributed by atoms with Gasteiger partial charge in [-0.3, -0.25) is 0 Å². The lowest BCUT2D eigenvalue weighted by atomic mass is 10.1. The molecule has 1 fully saturated rings. The van der Waals surface area contributed by atoms with Gasteiger partial charge < -0.3 is 10.1 Å². The number of rotatable bonds is 2. The largest absolute Gasteiger partial charge is 0.379 e. The van der Waals surface area contributed by atoms with Gasteiger partial charge in [0.15, 0.2) is 0 Å². The average Bonchev–Trinajstić information content (AvgIpc) is 2.08. The number of ether oxygens (including phenoxy) is 1. The van der Waals surface area contributed by atoms with Crippen LogP contribution in [0.1, 0.15) is 27.2 Å². The van der Waals surface area contributed by atoms with Crippen LogP contribution in [-0.4, -0.2) is 25.8 Å². The first-order valence-corrected chi connectivity index (χ1v) is 4.74. The van der Waals surface area contributed by atoms with E-state index in [1.54, 1.807) is 0 Å². The molecule has 12 heavy (non-hydrogen) atoms. The van der Waals surface area contributed by atoms with Crippen molar-refractivity contribution in [2.45, 2.75) is 33.2 Å². The van der Waals surface area contributed by atoms with Crippen molar-refractivity contribution in [1.29, 1.82) is 0 Å². The molecule has 72 valence electrons. The van der Waals surface area contributed by atoms with E-state index in [0.717, 1.165) is 26.2 Å². The summed E-state index contributed by atoms with van der Waals surface area (Å²) in [6, 6.07) is 0.506. The molecule has 0 spiro atoms. The maximum atomic E-state index is 5.28. The highest BCUT2D eigenvalue weighted by Crippen LogP contribution is 2.04. The fourth-order valence-corrected chi connectivity index (χ4v) is 1.17. The molecule has 0 aromatic heterocycles. The Kier molecular flexibility index (Phi) is 7.11. The first-order chi connectivity index (χ1) is 5.79. The SMILES string of the molecule is C=C(C)CC1COCCN1.CC. The second kappa shape index (κ2) is 7.32. The summed E-state index contributed by atoms with van der Waals surface area (Å²) >= 11 is 0. The Hall–Kier alpha value is -0.340. The molecule has 1 aliphatic rings. The Bertz CT molecular complexity index is 117. The van der Waals surface area contributed by atoms with Crippen LogP contribution in [0.15, 0.2) is 12.2 Å². The number of hydrogen-bond donors (Lipinski definition) is 1. The monoisotopic (exact) mass is 171 g/mol. The van der Waals surface area contributed by atoms with Gasteiger partial charge in [-0.25, -0.2) is 0 Å². The van der Waals surface area contributed by atoms with Gasteiger partial charge in [0.2, 0.25) is 0 Å². The molecule has 1 N–H and O–H groups in total. The molecule has 2 heteroatoms. The molecule has 1 heterocycles. The van der Waals surface area contributed by atoms with Gasteiger partial charge in [0.25, 0.3) is 0 Å². The molecule has 2 nitrogen and oxygen atoms in total. The molecule has 1 rings (SSSR count). The van der Waals surface area contributed by atoms with Gasteiger partial charge in [0.1, 0.15) is 0 Å². The van der Waals surface area contributed by atoms with Crippen LogP contribution >= 0.6 is 0 Å². The Balaban J connectivity index is 0.000000561. The summed E-state index contributed by atoms with van der Waals surface area (Å²) in [6.45, 7) is 12.6. The summed E-state index contributed by atoms with van der Waals surface area (Å²) in [5.41, 5.74) is 1.23. The highest BCUT2D eigenvalue weighted by molar-refractivity contribution is 4.93.